The molecule has 0 heterocycles. The highest BCUT2D eigenvalue weighted by Crippen LogP contribution is 2.24. The summed E-state index contributed by atoms with van der Waals surface area (Å²) in [5.41, 5.74) is 1.71. The number of unbranched alkanes of at least 4 members (excludes halogenated alkanes) is 2. The second kappa shape index (κ2) is 11.1. The van der Waals surface area contributed by atoms with Crippen LogP contribution >= 0.6 is 15.9 Å². The Morgan fingerprint density at radius 1 is 1.00 bits per heavy atom. The molecule has 8 heteroatoms. The SMILES string of the molecule is NN=Nc1ccccc1NC(=O)CCCCCNC(=O)c1ccccc1Br. The van der Waals surface area contributed by atoms with Gasteiger partial charge in [0.25, 0.3) is 5.91 Å². The number of hydrogen-bond donors (Lipinski definition) is 3. The van der Waals surface area contributed by atoms with Gasteiger partial charge in [0, 0.05) is 17.4 Å². The number of nitrogens with one attached hydrogen (secondary N) is 2. The molecule has 0 bridgehead atoms. The lowest BCUT2D eigenvalue weighted by molar-refractivity contribution is -0.116. The van der Waals surface area contributed by atoms with Crippen LogP contribution in [-0.2, 0) is 4.79 Å². The average Bonchev–Trinajstić information content (AvgIpc) is 2.66. The van der Waals surface area contributed by atoms with Crippen molar-refractivity contribution >= 4 is 39.1 Å². The zero-order valence-corrected chi connectivity index (χ0v) is 16.4. The summed E-state index contributed by atoms with van der Waals surface area (Å²) in [6.07, 6.45) is 2.78. The summed E-state index contributed by atoms with van der Waals surface area (Å²) in [6.45, 7) is 0.571. The van der Waals surface area contributed by atoms with E-state index in [9.17, 15) is 9.59 Å². The third kappa shape index (κ3) is 6.82. The molecule has 2 amide bonds. The van der Waals surface area contributed by atoms with Gasteiger partial charge in [-0.3, -0.25) is 9.59 Å². The maximum Gasteiger partial charge on any atom is 0.252 e. The largest absolute Gasteiger partial charge is 0.352 e. The van der Waals surface area contributed by atoms with E-state index in [-0.39, 0.29) is 11.8 Å². The molecule has 7 nitrogen and oxygen atoms in total. The van der Waals surface area contributed by atoms with Gasteiger partial charge >= 0.3 is 0 Å². The van der Waals surface area contributed by atoms with E-state index in [0.29, 0.717) is 29.9 Å². The van der Waals surface area contributed by atoms with Crippen molar-refractivity contribution < 1.29 is 9.59 Å². The molecule has 0 aliphatic heterocycles. The number of nitrogens with zero attached hydrogens (tertiary/aromatic N) is 2. The fourth-order valence-electron chi connectivity index (χ4n) is 2.47. The van der Waals surface area contributed by atoms with Crippen molar-refractivity contribution in [1.29, 1.82) is 0 Å². The number of anilines is 1. The van der Waals surface area contributed by atoms with Crippen molar-refractivity contribution in [2.45, 2.75) is 25.7 Å². The van der Waals surface area contributed by atoms with E-state index in [2.05, 4.69) is 36.9 Å². The Bertz CT molecular complexity index is 810. The zero-order valence-electron chi connectivity index (χ0n) is 14.8. The lowest BCUT2D eigenvalue weighted by Gasteiger charge is -2.08. The Kier molecular flexibility index (Phi) is 8.44. The molecule has 0 aliphatic carbocycles. The second-order valence-electron chi connectivity index (χ2n) is 5.83. The number of amides is 2. The van der Waals surface area contributed by atoms with Gasteiger partial charge in [-0.2, -0.15) is 0 Å². The van der Waals surface area contributed by atoms with E-state index in [0.717, 1.165) is 23.7 Å². The summed E-state index contributed by atoms with van der Waals surface area (Å²) in [5, 5.41) is 12.7. The smallest absolute Gasteiger partial charge is 0.252 e. The van der Waals surface area contributed by atoms with E-state index in [4.69, 9.17) is 5.84 Å². The summed E-state index contributed by atoms with van der Waals surface area (Å²) in [7, 11) is 0. The molecule has 0 saturated carbocycles. The minimum absolute atomic E-state index is 0.0908. The molecule has 4 N–H and O–H groups in total. The fourth-order valence-corrected chi connectivity index (χ4v) is 2.94. The Balaban J connectivity index is 1.65. The summed E-state index contributed by atoms with van der Waals surface area (Å²) in [5.74, 6) is 4.87. The van der Waals surface area contributed by atoms with Gasteiger partial charge in [0.1, 0.15) is 5.69 Å². The predicted molar refractivity (Wildman–Crippen MR) is 109 cm³/mol. The summed E-state index contributed by atoms with van der Waals surface area (Å²) in [6, 6.07) is 14.4. The lowest BCUT2D eigenvalue weighted by atomic mass is 10.1. The molecule has 0 radical (unpaired) electrons. The predicted octanol–water partition coefficient (Wildman–Crippen LogP) is 4.34. The van der Waals surface area contributed by atoms with Gasteiger partial charge in [-0.25, -0.2) is 0 Å². The maximum absolute atomic E-state index is 12.1. The normalized spacial score (nSPS) is 10.7. The van der Waals surface area contributed by atoms with E-state index in [1.165, 1.54) is 0 Å². The molecule has 0 saturated heterocycles. The van der Waals surface area contributed by atoms with Gasteiger partial charge in [0.2, 0.25) is 5.91 Å². The number of halogens is 1. The van der Waals surface area contributed by atoms with Crippen LogP contribution in [0.25, 0.3) is 0 Å². The number of carbonyl (C=O) groups is 2. The molecule has 0 fully saturated rings. The first-order chi connectivity index (χ1) is 13.1. The standard InChI is InChI=1S/C19H22BrN5O2/c20-15-9-4-3-8-14(15)19(27)22-13-7-1-2-12-18(26)23-16-10-5-6-11-17(16)24-25-21/h3-6,8-11H,1-2,7,12-13H2,(H2,21,24)(H,22,27)(H,23,26). The van der Waals surface area contributed by atoms with Gasteiger partial charge < -0.3 is 16.5 Å². The minimum Gasteiger partial charge on any atom is -0.352 e. The van der Waals surface area contributed by atoms with Crippen molar-refractivity contribution in [3.8, 4) is 0 Å². The summed E-state index contributed by atoms with van der Waals surface area (Å²) < 4.78 is 0.772. The highest BCUT2D eigenvalue weighted by molar-refractivity contribution is 9.10. The van der Waals surface area contributed by atoms with Gasteiger partial charge in [0.05, 0.1) is 11.3 Å². The molecule has 0 aliphatic rings. The van der Waals surface area contributed by atoms with Crippen LogP contribution in [0.1, 0.15) is 36.0 Å². The highest BCUT2D eigenvalue weighted by atomic mass is 79.9. The molecule has 0 aromatic heterocycles. The topological polar surface area (TPSA) is 109 Å². The van der Waals surface area contributed by atoms with Gasteiger partial charge in [-0.05, 0) is 53.0 Å². The molecule has 0 spiro atoms. The van der Waals surface area contributed by atoms with Crippen LogP contribution < -0.4 is 16.5 Å². The molecule has 2 rings (SSSR count). The highest BCUT2D eigenvalue weighted by Gasteiger charge is 2.09. The van der Waals surface area contributed by atoms with Crippen LogP contribution in [0.15, 0.2) is 63.3 Å². The van der Waals surface area contributed by atoms with Gasteiger partial charge in [-0.15, -0.1) is 5.11 Å². The van der Waals surface area contributed by atoms with Crippen molar-refractivity contribution in [3.63, 3.8) is 0 Å². The van der Waals surface area contributed by atoms with Crippen molar-refractivity contribution in [1.82, 2.24) is 5.32 Å². The second-order valence-corrected chi connectivity index (χ2v) is 6.68. The molecule has 2 aromatic rings. The minimum atomic E-state index is -0.106. The van der Waals surface area contributed by atoms with Crippen molar-refractivity contribution in [2.24, 2.45) is 16.2 Å². The Morgan fingerprint density at radius 2 is 1.74 bits per heavy atom. The van der Waals surface area contributed by atoms with E-state index < -0.39 is 0 Å². The summed E-state index contributed by atoms with van der Waals surface area (Å²) >= 11 is 3.36. The fraction of sp³-hybridized carbons (Fsp3) is 0.263. The first-order valence-corrected chi connectivity index (χ1v) is 9.43. The molecular formula is C19H22BrN5O2. The third-order valence-electron chi connectivity index (χ3n) is 3.83. The van der Waals surface area contributed by atoms with Crippen LogP contribution in [0.4, 0.5) is 11.4 Å². The summed E-state index contributed by atoms with van der Waals surface area (Å²) in [4.78, 5) is 24.1. The molecule has 27 heavy (non-hydrogen) atoms. The van der Waals surface area contributed by atoms with Crippen LogP contribution in [0.3, 0.4) is 0 Å². The molecular weight excluding hydrogens is 410 g/mol. The number of carbonyl (C=O) groups excluding carboxylic acids is 2. The van der Waals surface area contributed by atoms with Crippen molar-refractivity contribution in [2.75, 3.05) is 11.9 Å². The maximum atomic E-state index is 12.1. The lowest BCUT2D eigenvalue weighted by Crippen LogP contribution is -2.24. The number of para-hydroxylation sites is 1. The number of nitrogens with two attached hydrogens (primary N) is 1. The van der Waals surface area contributed by atoms with Crippen molar-refractivity contribution in [3.05, 3.63) is 58.6 Å². The Labute approximate surface area is 166 Å². The third-order valence-corrected chi connectivity index (χ3v) is 4.52. The monoisotopic (exact) mass is 431 g/mol. The van der Waals surface area contributed by atoms with Gasteiger partial charge in [-0.1, -0.05) is 35.9 Å². The van der Waals surface area contributed by atoms with E-state index >= 15 is 0 Å². The van der Waals surface area contributed by atoms with Gasteiger partial charge in [0.15, 0.2) is 0 Å². The van der Waals surface area contributed by atoms with Crippen LogP contribution in [-0.4, -0.2) is 18.4 Å². The van der Waals surface area contributed by atoms with Crippen LogP contribution in [0, 0.1) is 0 Å². The first-order valence-electron chi connectivity index (χ1n) is 8.64. The zero-order chi connectivity index (χ0) is 19.5. The van der Waals surface area contributed by atoms with Crippen LogP contribution in [0.2, 0.25) is 0 Å². The first kappa shape index (κ1) is 20.6. The molecule has 142 valence electrons. The Morgan fingerprint density at radius 3 is 2.52 bits per heavy atom. The number of rotatable bonds is 9. The molecule has 0 unspecified atom stereocenters. The van der Waals surface area contributed by atoms with E-state index in [1.54, 1.807) is 30.3 Å². The molecule has 2 aromatic carbocycles. The van der Waals surface area contributed by atoms with Crippen LogP contribution in [0.5, 0.6) is 0 Å². The van der Waals surface area contributed by atoms with E-state index in [1.807, 2.05) is 18.2 Å². The number of hydrogen-bond acceptors (Lipinski definition) is 4. The molecule has 0 atom stereocenters. The number of benzene rings is 2. The Hall–Kier alpha value is -2.74. The average molecular weight is 432 g/mol. The quantitative estimate of drug-likeness (QED) is 0.237.